The van der Waals surface area contributed by atoms with Crippen LogP contribution in [0, 0.1) is 10.1 Å². The first kappa shape index (κ1) is 23.6. The summed E-state index contributed by atoms with van der Waals surface area (Å²) in [4.78, 5) is 27.5. The first-order chi connectivity index (χ1) is 17.8. The molecule has 0 aliphatic carbocycles. The number of rotatable bonds is 5. The lowest BCUT2D eigenvalue weighted by atomic mass is 10.1. The van der Waals surface area contributed by atoms with E-state index in [0.717, 1.165) is 11.3 Å². The van der Waals surface area contributed by atoms with E-state index < -0.39 is 22.2 Å². The van der Waals surface area contributed by atoms with Gasteiger partial charge in [0.15, 0.2) is 18.1 Å². The Hall–Kier alpha value is -5.17. The number of anilines is 1. The maximum atomic E-state index is 11.8. The average molecular weight is 519 g/mol. The topological polar surface area (TPSA) is 172 Å². The summed E-state index contributed by atoms with van der Waals surface area (Å²) in [7, 11) is 0. The number of aromatic hydroxyl groups is 3. The van der Waals surface area contributed by atoms with Gasteiger partial charge < -0.3 is 25.4 Å². The van der Waals surface area contributed by atoms with E-state index in [0.29, 0.717) is 22.7 Å². The molecule has 1 amide bonds. The number of fused-ring (bicyclic) bond motifs is 1. The summed E-state index contributed by atoms with van der Waals surface area (Å²) in [6.45, 7) is -0.0864. The number of nitro groups is 1. The molecule has 12 nitrogen and oxygen atoms in total. The molecule has 0 radical (unpaired) electrons. The third kappa shape index (κ3) is 4.58. The number of carbonyl (C=O) groups excluding carboxylic acids is 1. The van der Waals surface area contributed by atoms with Crippen molar-refractivity contribution in [3.63, 3.8) is 0 Å². The van der Waals surface area contributed by atoms with E-state index in [9.17, 15) is 30.2 Å². The van der Waals surface area contributed by atoms with Gasteiger partial charge in [0.2, 0.25) is 10.6 Å². The maximum absolute atomic E-state index is 11.8. The summed E-state index contributed by atoms with van der Waals surface area (Å²) >= 11 is 1.16. The van der Waals surface area contributed by atoms with Crippen LogP contribution < -0.4 is 14.9 Å². The van der Waals surface area contributed by atoms with Gasteiger partial charge in [0, 0.05) is 22.6 Å². The Kier molecular flexibility index (Phi) is 6.03. The highest BCUT2D eigenvalue weighted by Gasteiger charge is 2.19. The number of hydrogen-bond acceptors (Lipinski definition) is 10. The van der Waals surface area contributed by atoms with Crippen LogP contribution in [0.2, 0.25) is 0 Å². The maximum Gasteiger partial charge on any atom is 0.294 e. The van der Waals surface area contributed by atoms with Gasteiger partial charge in [-0.25, -0.2) is 9.67 Å². The lowest BCUT2D eigenvalue weighted by Crippen LogP contribution is -2.25. The number of phenols is 3. The number of nitro benzene ring substituents is 1. The zero-order valence-electron chi connectivity index (χ0n) is 18.7. The Morgan fingerprint density at radius 1 is 1.11 bits per heavy atom. The molecule has 0 unspecified atom stereocenters. The molecule has 0 saturated carbocycles. The first-order valence-electron chi connectivity index (χ1n) is 10.7. The summed E-state index contributed by atoms with van der Waals surface area (Å²) < 4.78 is 6.82. The molecule has 5 rings (SSSR count). The molecular formula is C24H17N5O7S. The average Bonchev–Trinajstić information content (AvgIpc) is 3.28. The van der Waals surface area contributed by atoms with Gasteiger partial charge in [0.25, 0.3) is 11.6 Å². The van der Waals surface area contributed by atoms with Crippen molar-refractivity contribution < 1.29 is 29.8 Å². The molecule has 1 aliphatic rings. The quantitative estimate of drug-likeness (QED) is 0.135. The van der Waals surface area contributed by atoms with E-state index in [1.54, 1.807) is 29.6 Å². The third-order valence-electron chi connectivity index (χ3n) is 5.36. The van der Waals surface area contributed by atoms with Crippen molar-refractivity contribution in [1.82, 2.24) is 4.68 Å². The fourth-order valence-electron chi connectivity index (χ4n) is 3.55. The summed E-state index contributed by atoms with van der Waals surface area (Å²) in [5.41, 5.74) is 1.63. The predicted octanol–water partition coefficient (Wildman–Crippen LogP) is 3.69. The lowest BCUT2D eigenvalue weighted by Gasteiger charge is -2.18. The van der Waals surface area contributed by atoms with Crippen molar-refractivity contribution in [2.75, 3.05) is 11.9 Å². The summed E-state index contributed by atoms with van der Waals surface area (Å²) in [6.07, 6.45) is 1.24. The number of aromatic nitrogens is 1. The van der Waals surface area contributed by atoms with Gasteiger partial charge in [-0.05, 0) is 36.4 Å². The van der Waals surface area contributed by atoms with Crippen molar-refractivity contribution in [3.8, 4) is 34.3 Å². The summed E-state index contributed by atoms with van der Waals surface area (Å²) in [5, 5.41) is 50.0. The van der Waals surface area contributed by atoms with Crippen molar-refractivity contribution in [1.29, 1.82) is 0 Å². The monoisotopic (exact) mass is 519 g/mol. The highest BCUT2D eigenvalue weighted by atomic mass is 32.1. The molecule has 186 valence electrons. The number of para-hydroxylation sites is 2. The molecule has 2 heterocycles. The summed E-state index contributed by atoms with van der Waals surface area (Å²) in [6, 6.07) is 13.7. The minimum Gasteiger partial charge on any atom is -0.504 e. The van der Waals surface area contributed by atoms with Gasteiger partial charge in [0.1, 0.15) is 11.4 Å². The second kappa shape index (κ2) is 9.47. The van der Waals surface area contributed by atoms with E-state index in [-0.39, 0.29) is 34.3 Å². The Morgan fingerprint density at radius 3 is 2.73 bits per heavy atom. The molecule has 1 aliphatic heterocycles. The van der Waals surface area contributed by atoms with Crippen molar-refractivity contribution in [2.45, 2.75) is 0 Å². The molecule has 0 bridgehead atoms. The Morgan fingerprint density at radius 2 is 1.92 bits per heavy atom. The van der Waals surface area contributed by atoms with Gasteiger partial charge in [0.05, 0.1) is 22.5 Å². The molecule has 0 atom stereocenters. The SMILES string of the molecule is O=C1COc2ccc(-c3csc(=Nc4ccccc4[N+](=O)[O-])n3N=Cc3ccc(O)c(O)c3O)cc2N1. The van der Waals surface area contributed by atoms with Crippen LogP contribution in [-0.4, -0.2) is 43.6 Å². The number of ether oxygens (including phenoxy) is 1. The zero-order chi connectivity index (χ0) is 26.1. The molecule has 4 N–H and O–H groups in total. The number of phenolic OH excluding ortho intramolecular Hbond substituents is 3. The van der Waals surface area contributed by atoms with Gasteiger partial charge >= 0.3 is 0 Å². The van der Waals surface area contributed by atoms with E-state index in [1.807, 2.05) is 0 Å². The standard InChI is InChI=1S/C24H17N5O7S/c30-19-7-5-14(22(32)23(19)33)10-25-28-18(13-6-8-20-16(9-13)26-21(31)11-36-20)12-37-24(28)27-15-3-1-2-4-17(15)29(34)35/h1-10,12,30,32-33H,11H2,(H,26,31). The van der Waals surface area contributed by atoms with Gasteiger partial charge in [-0.1, -0.05) is 12.1 Å². The molecule has 13 heteroatoms. The molecular weight excluding hydrogens is 502 g/mol. The van der Waals surface area contributed by atoms with Crippen LogP contribution in [0.5, 0.6) is 23.0 Å². The van der Waals surface area contributed by atoms with E-state index in [1.165, 1.54) is 41.2 Å². The third-order valence-corrected chi connectivity index (χ3v) is 6.18. The molecule has 0 saturated heterocycles. The van der Waals surface area contributed by atoms with Gasteiger partial charge in [-0.15, -0.1) is 11.3 Å². The smallest absolute Gasteiger partial charge is 0.294 e. The predicted molar refractivity (Wildman–Crippen MR) is 135 cm³/mol. The number of nitrogens with one attached hydrogen (secondary N) is 1. The van der Waals surface area contributed by atoms with E-state index in [2.05, 4.69) is 15.4 Å². The fraction of sp³-hybridized carbons (Fsp3) is 0.0417. The van der Waals surface area contributed by atoms with Crippen LogP contribution in [0.3, 0.4) is 0 Å². The number of hydrogen-bond donors (Lipinski definition) is 4. The Labute approximate surface area is 211 Å². The number of nitrogens with zero attached hydrogens (tertiary/aromatic N) is 4. The van der Waals surface area contributed by atoms with Crippen molar-refractivity contribution >= 4 is 40.5 Å². The minimum absolute atomic E-state index is 0.0864. The van der Waals surface area contributed by atoms with Crippen LogP contribution in [0.1, 0.15) is 5.56 Å². The molecule has 1 aromatic heterocycles. The van der Waals surface area contributed by atoms with Gasteiger partial charge in [-0.2, -0.15) is 5.10 Å². The van der Waals surface area contributed by atoms with Crippen LogP contribution in [0.25, 0.3) is 11.3 Å². The molecule has 0 fully saturated rings. The van der Waals surface area contributed by atoms with Crippen LogP contribution >= 0.6 is 11.3 Å². The fourth-order valence-corrected chi connectivity index (χ4v) is 4.40. The lowest BCUT2D eigenvalue weighted by molar-refractivity contribution is -0.384. The largest absolute Gasteiger partial charge is 0.504 e. The van der Waals surface area contributed by atoms with E-state index >= 15 is 0 Å². The Bertz CT molecular complexity index is 1660. The highest BCUT2D eigenvalue weighted by molar-refractivity contribution is 7.07. The second-order valence-electron chi connectivity index (χ2n) is 7.74. The molecule has 3 aromatic carbocycles. The molecule has 37 heavy (non-hydrogen) atoms. The van der Waals surface area contributed by atoms with Gasteiger partial charge in [-0.3, -0.25) is 14.9 Å². The second-order valence-corrected chi connectivity index (χ2v) is 8.57. The van der Waals surface area contributed by atoms with Crippen LogP contribution in [-0.2, 0) is 4.79 Å². The minimum atomic E-state index is -0.699. The normalized spacial score (nSPS) is 13.3. The Balaban J connectivity index is 1.68. The van der Waals surface area contributed by atoms with Crippen LogP contribution in [0.15, 0.2) is 70.1 Å². The number of carbonyl (C=O) groups is 1. The summed E-state index contributed by atoms with van der Waals surface area (Å²) in [5.74, 6) is -1.57. The zero-order valence-corrected chi connectivity index (χ0v) is 19.5. The number of thiazole rings is 1. The highest BCUT2D eigenvalue weighted by Crippen LogP contribution is 2.37. The van der Waals surface area contributed by atoms with Crippen molar-refractivity contribution in [2.24, 2.45) is 10.1 Å². The molecule has 0 spiro atoms. The van der Waals surface area contributed by atoms with Crippen LogP contribution in [0.4, 0.5) is 17.1 Å². The first-order valence-corrected chi connectivity index (χ1v) is 11.5. The van der Waals surface area contributed by atoms with Crippen molar-refractivity contribution in [3.05, 3.63) is 80.5 Å². The number of amides is 1. The van der Waals surface area contributed by atoms with E-state index in [4.69, 9.17) is 4.74 Å². The number of benzene rings is 3. The molecule has 4 aromatic rings.